The first-order valence-corrected chi connectivity index (χ1v) is 21.6. The van der Waals surface area contributed by atoms with Crippen LogP contribution < -0.4 is 4.74 Å². The average Bonchev–Trinajstić information content (AvgIpc) is 3.22. The first kappa shape index (κ1) is 43.2. The van der Waals surface area contributed by atoms with Gasteiger partial charge >= 0.3 is 5.97 Å². The maximum Gasteiger partial charge on any atom is 0.311 e. The molecular formula is C51H68O5. The quantitative estimate of drug-likeness (QED) is 0.0735. The lowest BCUT2D eigenvalue weighted by Crippen LogP contribution is -2.23. The Morgan fingerprint density at radius 2 is 1.27 bits per heavy atom. The summed E-state index contributed by atoms with van der Waals surface area (Å²) in [6, 6.07) is 29.5. The molecule has 2 N–H and O–H groups in total. The second kappa shape index (κ2) is 21.0. The molecule has 5 rings (SSSR count). The number of aliphatic hydroxyl groups is 2. The minimum atomic E-state index is -0.571. The highest BCUT2D eigenvalue weighted by atomic mass is 16.5. The summed E-state index contributed by atoms with van der Waals surface area (Å²) in [6.07, 6.45) is 13.9. The van der Waals surface area contributed by atoms with Crippen LogP contribution in [0.5, 0.6) is 5.75 Å². The number of hydrogen-bond donors (Lipinski definition) is 2. The highest BCUT2D eigenvalue weighted by molar-refractivity contribution is 5.78. The molecule has 56 heavy (non-hydrogen) atoms. The van der Waals surface area contributed by atoms with Gasteiger partial charge in [-0.15, -0.1) is 0 Å². The number of carbonyl (C=O) groups excluding carboxylic acids is 1. The van der Waals surface area contributed by atoms with Gasteiger partial charge in [-0.1, -0.05) is 113 Å². The molecule has 302 valence electrons. The molecule has 1 saturated carbocycles. The molecule has 0 bridgehead atoms. The summed E-state index contributed by atoms with van der Waals surface area (Å²) in [5.74, 6) is 1.92. The van der Waals surface area contributed by atoms with Crippen LogP contribution in [-0.4, -0.2) is 42.6 Å². The minimum Gasteiger partial charge on any atom is -0.493 e. The van der Waals surface area contributed by atoms with Crippen LogP contribution >= 0.6 is 0 Å². The average molecular weight is 761 g/mol. The fourth-order valence-electron chi connectivity index (χ4n) is 8.23. The number of ether oxygens (including phenoxy) is 2. The van der Waals surface area contributed by atoms with Gasteiger partial charge in [-0.2, -0.15) is 0 Å². The lowest BCUT2D eigenvalue weighted by atomic mass is 9.77. The van der Waals surface area contributed by atoms with E-state index in [4.69, 9.17) is 9.47 Å². The highest BCUT2D eigenvalue weighted by Gasteiger charge is 2.24. The fourth-order valence-corrected chi connectivity index (χ4v) is 8.23. The summed E-state index contributed by atoms with van der Waals surface area (Å²) in [7, 11) is 0. The number of esters is 1. The molecule has 0 spiro atoms. The van der Waals surface area contributed by atoms with Gasteiger partial charge in [0.2, 0.25) is 0 Å². The Bertz CT molecular complexity index is 1820. The van der Waals surface area contributed by atoms with Crippen molar-refractivity contribution in [2.75, 3.05) is 26.4 Å². The van der Waals surface area contributed by atoms with E-state index in [2.05, 4.69) is 93.6 Å². The third-order valence-corrected chi connectivity index (χ3v) is 11.9. The molecule has 0 aliphatic heterocycles. The Labute approximate surface area is 337 Å². The second-order valence-electron chi connectivity index (χ2n) is 17.1. The van der Waals surface area contributed by atoms with Crippen molar-refractivity contribution in [3.63, 3.8) is 0 Å². The van der Waals surface area contributed by atoms with Crippen molar-refractivity contribution in [1.82, 2.24) is 0 Å². The molecule has 0 radical (unpaired) electrons. The van der Waals surface area contributed by atoms with E-state index >= 15 is 0 Å². The Morgan fingerprint density at radius 3 is 1.84 bits per heavy atom. The summed E-state index contributed by atoms with van der Waals surface area (Å²) in [6.45, 7) is 12.8. The number of aliphatic hydroxyl groups excluding tert-OH is 2. The monoisotopic (exact) mass is 761 g/mol. The highest BCUT2D eigenvalue weighted by Crippen LogP contribution is 2.39. The molecule has 4 aromatic rings. The Balaban J connectivity index is 1.32. The van der Waals surface area contributed by atoms with E-state index in [1.54, 1.807) is 0 Å². The van der Waals surface area contributed by atoms with Crippen LogP contribution in [0.25, 0.3) is 33.4 Å². The molecule has 0 amide bonds. The predicted octanol–water partition coefficient (Wildman–Crippen LogP) is 12.2. The number of rotatable bonds is 19. The maximum atomic E-state index is 12.5. The first-order chi connectivity index (χ1) is 27.1. The third-order valence-electron chi connectivity index (χ3n) is 11.9. The van der Waals surface area contributed by atoms with E-state index in [-0.39, 0.29) is 31.7 Å². The molecule has 1 aliphatic carbocycles. The zero-order valence-corrected chi connectivity index (χ0v) is 35.2. The number of hydrogen-bond acceptors (Lipinski definition) is 5. The number of carbonyl (C=O) groups is 1. The fraction of sp³-hybridized carbons (Fsp3) is 0.510. The van der Waals surface area contributed by atoms with Crippen molar-refractivity contribution in [2.45, 2.75) is 125 Å². The molecule has 5 heteroatoms. The van der Waals surface area contributed by atoms with E-state index in [9.17, 15) is 15.0 Å². The molecule has 0 heterocycles. The SMILES string of the molecule is CCCCCC1CCC(c2ccc(-c3ccc(-c4ccc(-c5ccc(OCCC(CO)CO)c(CCOC(=O)C(C)(C)C)c5)c(CC)c4)cc3CC)cc2)CC1. The Kier molecular flexibility index (Phi) is 16.2. The Morgan fingerprint density at radius 1 is 0.696 bits per heavy atom. The normalized spacial score (nSPS) is 15.9. The molecule has 4 aromatic carbocycles. The van der Waals surface area contributed by atoms with Crippen molar-refractivity contribution in [2.24, 2.45) is 17.3 Å². The standard InChI is InChI=1S/C51H68O5/c1-7-10-11-12-36-13-15-40(16-14-36)41-17-19-42(20-18-41)47-24-21-43(31-38(47)8-2)44-22-25-48(39(9-3)32-44)45-23-26-49(55-29-27-37(34-52)35-53)46(33-45)28-30-56-50(54)51(4,5)6/h17-26,31-33,36-37,40,52-53H,7-16,27-30,34-35H2,1-6H3. The van der Waals surface area contributed by atoms with Crippen LogP contribution in [-0.2, 0) is 28.8 Å². The molecule has 0 saturated heterocycles. The van der Waals surface area contributed by atoms with Crippen molar-refractivity contribution in [3.8, 4) is 39.1 Å². The van der Waals surface area contributed by atoms with Gasteiger partial charge in [0.15, 0.2) is 0 Å². The number of unbranched alkanes of at least 4 members (excludes halogenated alkanes) is 2. The largest absolute Gasteiger partial charge is 0.493 e. The van der Waals surface area contributed by atoms with Crippen LogP contribution in [0.4, 0.5) is 0 Å². The van der Waals surface area contributed by atoms with Gasteiger partial charge in [0.05, 0.1) is 18.6 Å². The van der Waals surface area contributed by atoms with E-state index in [0.717, 1.165) is 35.6 Å². The smallest absolute Gasteiger partial charge is 0.311 e. The lowest BCUT2D eigenvalue weighted by molar-refractivity contribution is -0.152. The topological polar surface area (TPSA) is 76.0 Å². The molecule has 0 unspecified atom stereocenters. The van der Waals surface area contributed by atoms with Gasteiger partial charge in [-0.25, -0.2) is 0 Å². The van der Waals surface area contributed by atoms with Crippen LogP contribution in [0.3, 0.4) is 0 Å². The van der Waals surface area contributed by atoms with E-state index in [0.29, 0.717) is 25.4 Å². The minimum absolute atomic E-state index is 0.0814. The maximum absolute atomic E-state index is 12.5. The molecular weight excluding hydrogens is 693 g/mol. The van der Waals surface area contributed by atoms with Gasteiger partial charge < -0.3 is 19.7 Å². The van der Waals surface area contributed by atoms with Crippen molar-refractivity contribution >= 4 is 5.97 Å². The predicted molar refractivity (Wildman–Crippen MR) is 232 cm³/mol. The molecule has 1 aliphatic rings. The molecule has 1 fully saturated rings. The van der Waals surface area contributed by atoms with Gasteiger partial charge in [0, 0.05) is 25.6 Å². The molecule has 0 aromatic heterocycles. The lowest BCUT2D eigenvalue weighted by Gasteiger charge is -2.29. The van der Waals surface area contributed by atoms with Crippen LogP contribution in [0.1, 0.15) is 128 Å². The van der Waals surface area contributed by atoms with Gasteiger partial charge in [0.25, 0.3) is 0 Å². The van der Waals surface area contributed by atoms with Crippen LogP contribution in [0, 0.1) is 17.3 Å². The van der Waals surface area contributed by atoms with Crippen LogP contribution in [0.2, 0.25) is 0 Å². The van der Waals surface area contributed by atoms with E-state index in [1.165, 1.54) is 95.9 Å². The summed E-state index contributed by atoms with van der Waals surface area (Å²) in [4.78, 5) is 12.5. The van der Waals surface area contributed by atoms with Gasteiger partial charge in [-0.3, -0.25) is 4.79 Å². The van der Waals surface area contributed by atoms with Crippen molar-refractivity contribution in [3.05, 3.63) is 101 Å². The van der Waals surface area contributed by atoms with E-state index < -0.39 is 5.41 Å². The van der Waals surface area contributed by atoms with Gasteiger partial charge in [-0.05, 0) is 145 Å². The second-order valence-corrected chi connectivity index (χ2v) is 17.1. The zero-order valence-electron chi connectivity index (χ0n) is 35.2. The van der Waals surface area contributed by atoms with Crippen molar-refractivity contribution in [1.29, 1.82) is 0 Å². The van der Waals surface area contributed by atoms with Crippen molar-refractivity contribution < 1.29 is 24.5 Å². The van der Waals surface area contributed by atoms with E-state index in [1.807, 2.05) is 26.8 Å². The summed E-state index contributed by atoms with van der Waals surface area (Å²) in [5, 5.41) is 19.0. The number of benzene rings is 4. The first-order valence-electron chi connectivity index (χ1n) is 21.6. The summed E-state index contributed by atoms with van der Waals surface area (Å²) >= 11 is 0. The van der Waals surface area contributed by atoms with Crippen LogP contribution in [0.15, 0.2) is 78.9 Å². The summed E-state index contributed by atoms with van der Waals surface area (Å²) < 4.78 is 11.8. The zero-order chi connectivity index (χ0) is 40.1. The third kappa shape index (κ3) is 11.6. The Hall–Kier alpha value is -3.93. The molecule has 0 atom stereocenters. The summed E-state index contributed by atoms with van der Waals surface area (Å²) in [5.41, 5.74) is 11.9. The molecule has 5 nitrogen and oxygen atoms in total. The van der Waals surface area contributed by atoms with Gasteiger partial charge in [0.1, 0.15) is 5.75 Å². The number of aryl methyl sites for hydroxylation is 2.